The molecule has 0 fully saturated rings. The van der Waals surface area contributed by atoms with E-state index >= 15 is 0 Å². The Morgan fingerprint density at radius 2 is 1.54 bits per heavy atom. The third kappa shape index (κ3) is 6.84. The van der Waals surface area contributed by atoms with Gasteiger partial charge in [-0.1, -0.05) is 36.2 Å². The van der Waals surface area contributed by atoms with Gasteiger partial charge in [0.05, 0.1) is 15.7 Å². The number of hydrogen-bond acceptors (Lipinski definition) is 5. The number of hydrogen-bond donors (Lipinski definition) is 2. The van der Waals surface area contributed by atoms with Crippen molar-refractivity contribution in [2.45, 2.75) is 73.0 Å². The fraction of sp³-hybridized carbons (Fsp3) is 0.520. The minimum Gasteiger partial charge on any atom is -0.445 e. The molecule has 0 saturated carbocycles. The Morgan fingerprint density at radius 3 is 2.09 bits per heavy atom. The minimum atomic E-state index is -0.510. The highest BCUT2D eigenvalue weighted by Crippen LogP contribution is 2.38. The topological polar surface area (TPSA) is 84.8 Å². The van der Waals surface area contributed by atoms with Gasteiger partial charge in [0.25, 0.3) is 0 Å². The molecule has 1 aromatic carbocycles. The Morgan fingerprint density at radius 1 is 0.943 bits per heavy atom. The van der Waals surface area contributed by atoms with Crippen LogP contribution in [0.25, 0.3) is 11.3 Å². The monoisotopic (exact) mass is 524 g/mol. The van der Waals surface area contributed by atoms with Gasteiger partial charge in [-0.15, -0.1) is 0 Å². The summed E-state index contributed by atoms with van der Waals surface area (Å²) < 4.78 is 13.4. The normalized spacial score (nSPS) is 13.6. The molecule has 0 bridgehead atoms. The second kappa shape index (κ2) is 12.0. The molecule has 2 amide bonds. The van der Waals surface area contributed by atoms with Crippen LogP contribution >= 0.6 is 23.2 Å². The number of carbonyl (C=O) groups excluding carboxylic acids is 2. The van der Waals surface area contributed by atoms with E-state index in [1.807, 2.05) is 39.8 Å². The van der Waals surface area contributed by atoms with Gasteiger partial charge in [0.2, 0.25) is 0 Å². The zero-order valence-electron chi connectivity index (χ0n) is 20.9. The lowest BCUT2D eigenvalue weighted by molar-refractivity contribution is 0.129. The first-order chi connectivity index (χ1) is 16.6. The van der Waals surface area contributed by atoms with Crippen LogP contribution in [0.15, 0.2) is 18.2 Å². The fourth-order valence-corrected chi connectivity index (χ4v) is 4.44. The number of carbonyl (C=O) groups is 2. The van der Waals surface area contributed by atoms with Crippen molar-refractivity contribution >= 4 is 35.4 Å². The summed E-state index contributed by atoms with van der Waals surface area (Å²) in [4.78, 5) is 26.9. The maximum atomic E-state index is 12.3. The molecule has 0 radical (unpaired) electrons. The van der Waals surface area contributed by atoms with Crippen LogP contribution in [-0.4, -0.2) is 46.8 Å². The molecule has 0 unspecified atom stereocenters. The average Bonchev–Trinajstić information content (AvgIpc) is 3.09. The smallest absolute Gasteiger partial charge is 0.407 e. The number of nitrogens with one attached hydrogen (secondary N) is 2. The molecule has 1 aromatic heterocycles. The zero-order valence-corrected chi connectivity index (χ0v) is 22.4. The summed E-state index contributed by atoms with van der Waals surface area (Å²) in [7, 11) is 0. The van der Waals surface area contributed by atoms with Gasteiger partial charge in [-0.3, -0.25) is 4.90 Å². The molecule has 0 saturated heterocycles. The quantitative estimate of drug-likeness (QED) is 0.471. The second-order valence-electron chi connectivity index (χ2n) is 9.15. The molecule has 1 aliphatic rings. The van der Waals surface area contributed by atoms with E-state index in [-0.39, 0.29) is 25.3 Å². The van der Waals surface area contributed by atoms with Gasteiger partial charge in [-0.2, -0.15) is 0 Å². The number of aromatic nitrogens is 1. The van der Waals surface area contributed by atoms with E-state index in [2.05, 4.69) is 27.0 Å². The van der Waals surface area contributed by atoms with Gasteiger partial charge in [0.1, 0.15) is 13.2 Å². The van der Waals surface area contributed by atoms with Crippen molar-refractivity contribution in [3.63, 3.8) is 0 Å². The van der Waals surface area contributed by atoms with Crippen LogP contribution in [-0.2, 0) is 35.8 Å². The van der Waals surface area contributed by atoms with Gasteiger partial charge >= 0.3 is 12.2 Å². The van der Waals surface area contributed by atoms with Crippen molar-refractivity contribution < 1.29 is 19.1 Å². The molecule has 2 N–H and O–H groups in total. The first-order valence-electron chi connectivity index (χ1n) is 11.9. The van der Waals surface area contributed by atoms with Gasteiger partial charge in [-0.05, 0) is 46.4 Å². The molecule has 2 heterocycles. The molecule has 3 rings (SSSR count). The van der Waals surface area contributed by atoms with Crippen molar-refractivity contribution in [2.75, 3.05) is 13.1 Å². The minimum absolute atomic E-state index is 0.0186. The molecule has 8 nitrogen and oxygen atoms in total. The molecule has 35 heavy (non-hydrogen) atoms. The molecular weight excluding hydrogens is 491 g/mol. The lowest BCUT2D eigenvalue weighted by Crippen LogP contribution is -2.34. The van der Waals surface area contributed by atoms with Crippen LogP contribution in [0.4, 0.5) is 9.59 Å². The Balaban J connectivity index is 2.08. The summed E-state index contributed by atoms with van der Waals surface area (Å²) in [6.07, 6.45) is -1.01. The molecular formula is C25H34Cl2N4O4. The van der Waals surface area contributed by atoms with Crippen LogP contribution in [0.3, 0.4) is 0 Å². The summed E-state index contributed by atoms with van der Waals surface area (Å²) in [5, 5.41) is 6.39. The summed E-state index contributed by atoms with van der Waals surface area (Å²) in [5.41, 5.74) is 4.38. The van der Waals surface area contributed by atoms with Gasteiger partial charge in [-0.25, -0.2) is 9.59 Å². The van der Waals surface area contributed by atoms with E-state index in [1.54, 1.807) is 6.07 Å². The van der Waals surface area contributed by atoms with Crippen LogP contribution in [0.2, 0.25) is 10.0 Å². The standard InChI is InChI=1S/C25H34Cl2N4O4/c1-6-30-9-10-31-22(12-30)18(13-34-24(32)28-15(2)3)19(14-35-25(33)29-16(4)5)23(31)17-7-8-20(26)21(27)11-17/h7-8,11,15-16H,6,9-10,12-14H2,1-5H3,(H,28,32)(H,29,33). The predicted octanol–water partition coefficient (Wildman–Crippen LogP) is 5.57. The predicted molar refractivity (Wildman–Crippen MR) is 138 cm³/mol. The van der Waals surface area contributed by atoms with E-state index in [0.29, 0.717) is 16.6 Å². The van der Waals surface area contributed by atoms with E-state index < -0.39 is 12.2 Å². The number of halogens is 2. The first kappa shape index (κ1) is 27.2. The van der Waals surface area contributed by atoms with Crippen molar-refractivity contribution in [3.05, 3.63) is 45.1 Å². The Kier molecular flexibility index (Phi) is 9.33. The molecule has 10 heteroatoms. The van der Waals surface area contributed by atoms with Crippen molar-refractivity contribution in [1.82, 2.24) is 20.1 Å². The third-order valence-corrected chi connectivity index (χ3v) is 6.49. The Hall–Kier alpha value is -2.42. The number of amides is 2. The van der Waals surface area contributed by atoms with E-state index in [9.17, 15) is 9.59 Å². The fourth-order valence-electron chi connectivity index (χ4n) is 4.14. The lowest BCUT2D eigenvalue weighted by Gasteiger charge is -2.29. The van der Waals surface area contributed by atoms with E-state index in [1.165, 1.54) is 0 Å². The van der Waals surface area contributed by atoms with Crippen LogP contribution in [0.5, 0.6) is 0 Å². The summed E-state index contributed by atoms with van der Waals surface area (Å²) in [6, 6.07) is 5.36. The second-order valence-corrected chi connectivity index (χ2v) is 9.97. The Labute approximate surface area is 216 Å². The van der Waals surface area contributed by atoms with Crippen molar-refractivity contribution in [2.24, 2.45) is 0 Å². The molecule has 192 valence electrons. The van der Waals surface area contributed by atoms with Crippen LogP contribution < -0.4 is 10.6 Å². The molecule has 0 aliphatic carbocycles. The Bertz CT molecular complexity index is 1070. The van der Waals surface area contributed by atoms with Gasteiger partial charge in [0.15, 0.2) is 0 Å². The number of ether oxygens (including phenoxy) is 2. The van der Waals surface area contributed by atoms with Crippen LogP contribution in [0, 0.1) is 0 Å². The number of alkyl carbamates (subject to hydrolysis) is 2. The van der Waals surface area contributed by atoms with Crippen LogP contribution in [0.1, 0.15) is 51.4 Å². The zero-order chi connectivity index (χ0) is 25.7. The largest absolute Gasteiger partial charge is 0.445 e. The van der Waals surface area contributed by atoms with Gasteiger partial charge in [0, 0.05) is 54.1 Å². The highest BCUT2D eigenvalue weighted by Gasteiger charge is 2.29. The van der Waals surface area contributed by atoms with E-state index in [0.717, 1.165) is 47.7 Å². The molecule has 0 spiro atoms. The van der Waals surface area contributed by atoms with E-state index in [4.69, 9.17) is 32.7 Å². The van der Waals surface area contributed by atoms with Gasteiger partial charge < -0.3 is 24.7 Å². The highest BCUT2D eigenvalue weighted by molar-refractivity contribution is 6.42. The lowest BCUT2D eigenvalue weighted by atomic mass is 10.0. The van der Waals surface area contributed by atoms with Crippen molar-refractivity contribution in [3.8, 4) is 11.3 Å². The summed E-state index contributed by atoms with van der Waals surface area (Å²) in [6.45, 7) is 12.9. The van der Waals surface area contributed by atoms with Crippen molar-refractivity contribution in [1.29, 1.82) is 0 Å². The molecule has 1 aliphatic heterocycles. The number of benzene rings is 1. The third-order valence-electron chi connectivity index (χ3n) is 5.76. The maximum Gasteiger partial charge on any atom is 0.407 e. The maximum absolute atomic E-state index is 12.3. The number of likely N-dealkylation sites (N-methyl/N-ethyl adjacent to an activating group) is 1. The molecule has 2 aromatic rings. The highest BCUT2D eigenvalue weighted by atomic mass is 35.5. The molecule has 0 atom stereocenters. The number of nitrogens with zero attached hydrogens (tertiary/aromatic N) is 2. The average molecular weight is 525 g/mol. The number of fused-ring (bicyclic) bond motifs is 1. The first-order valence-corrected chi connectivity index (χ1v) is 12.6. The summed E-state index contributed by atoms with van der Waals surface area (Å²) in [5.74, 6) is 0. The number of rotatable bonds is 8. The summed E-state index contributed by atoms with van der Waals surface area (Å²) >= 11 is 12.5. The SMILES string of the molecule is CCN1CCn2c(c(COC(=O)NC(C)C)c(COC(=O)NC(C)C)c2-c2ccc(Cl)c(Cl)c2)C1.